The largest absolute Gasteiger partial charge is 0.493 e. The van der Waals surface area contributed by atoms with E-state index in [1.54, 1.807) is 14.2 Å². The van der Waals surface area contributed by atoms with E-state index in [4.69, 9.17) is 9.47 Å². The molecular weight excluding hydrogens is 354 g/mol. The topological polar surface area (TPSA) is 21.7 Å². The summed E-state index contributed by atoms with van der Waals surface area (Å²) in [5, 5.41) is 0.658. The molecular formula is C23H37NO2S. The first-order valence-corrected chi connectivity index (χ1v) is 11.1. The molecule has 152 valence electrons. The second-order valence-corrected chi connectivity index (χ2v) is 9.87. The number of rotatable bonds is 10. The van der Waals surface area contributed by atoms with Crippen molar-refractivity contribution >= 4 is 11.8 Å². The van der Waals surface area contributed by atoms with Crippen molar-refractivity contribution in [2.45, 2.75) is 52.3 Å². The second kappa shape index (κ2) is 10.4. The Morgan fingerprint density at radius 2 is 1.74 bits per heavy atom. The Balaban J connectivity index is 2.07. The third-order valence-corrected chi connectivity index (χ3v) is 6.42. The zero-order valence-electron chi connectivity index (χ0n) is 18.0. The van der Waals surface area contributed by atoms with E-state index in [0.717, 1.165) is 43.3 Å². The summed E-state index contributed by atoms with van der Waals surface area (Å²) >= 11 is 2.01. The number of nitrogens with zero attached hydrogens (tertiary/aromatic N) is 1. The molecule has 0 amide bonds. The van der Waals surface area contributed by atoms with Gasteiger partial charge in [0.15, 0.2) is 11.5 Å². The molecule has 1 atom stereocenters. The van der Waals surface area contributed by atoms with E-state index in [0.29, 0.717) is 17.1 Å². The van der Waals surface area contributed by atoms with Crippen molar-refractivity contribution in [1.29, 1.82) is 0 Å². The summed E-state index contributed by atoms with van der Waals surface area (Å²) in [7, 11) is 3.41. The van der Waals surface area contributed by atoms with E-state index in [9.17, 15) is 0 Å². The number of thioether (sulfide) groups is 1. The maximum absolute atomic E-state index is 5.50. The maximum atomic E-state index is 5.50. The number of benzene rings is 1. The lowest BCUT2D eigenvalue weighted by molar-refractivity contribution is 0.213. The highest BCUT2D eigenvalue weighted by Gasteiger charge is 2.23. The van der Waals surface area contributed by atoms with E-state index in [1.165, 1.54) is 23.1 Å². The van der Waals surface area contributed by atoms with Crippen molar-refractivity contribution in [3.05, 3.63) is 35.4 Å². The van der Waals surface area contributed by atoms with Crippen LogP contribution in [0.3, 0.4) is 0 Å². The van der Waals surface area contributed by atoms with Crippen LogP contribution in [0.25, 0.3) is 0 Å². The molecule has 27 heavy (non-hydrogen) atoms. The minimum atomic E-state index is 0.568. The van der Waals surface area contributed by atoms with Gasteiger partial charge in [0.2, 0.25) is 0 Å². The van der Waals surface area contributed by atoms with Crippen molar-refractivity contribution in [3.8, 4) is 11.5 Å². The van der Waals surface area contributed by atoms with Gasteiger partial charge in [0.05, 0.1) is 14.2 Å². The highest BCUT2D eigenvalue weighted by atomic mass is 32.2. The van der Waals surface area contributed by atoms with Gasteiger partial charge < -0.3 is 9.47 Å². The number of methoxy groups -OCH3 is 2. The average molecular weight is 392 g/mol. The molecule has 1 unspecified atom stereocenters. The summed E-state index contributed by atoms with van der Waals surface area (Å²) in [6, 6.07) is 4.30. The lowest BCUT2D eigenvalue weighted by Crippen LogP contribution is -2.35. The molecule has 0 spiro atoms. The molecule has 4 heteroatoms. The standard InChI is InChI=1S/C23H37NO2S/c1-16(2)10-20(18(5)15-27-17(3)4)13-24-9-8-19-11-22(25-6)23(26-7)12-21(19)14-24/h11-12,16-17,20H,5,8-10,13-15H2,1-4,6-7H3. The molecule has 0 aromatic heterocycles. The van der Waals surface area contributed by atoms with Gasteiger partial charge in [-0.05, 0) is 53.2 Å². The van der Waals surface area contributed by atoms with Gasteiger partial charge in [-0.1, -0.05) is 39.8 Å². The Morgan fingerprint density at radius 3 is 2.30 bits per heavy atom. The fraction of sp³-hybridized carbons (Fsp3) is 0.652. The summed E-state index contributed by atoms with van der Waals surface area (Å²) in [5.41, 5.74) is 4.16. The molecule has 0 saturated heterocycles. The van der Waals surface area contributed by atoms with Crippen molar-refractivity contribution in [1.82, 2.24) is 4.90 Å². The Kier molecular flexibility index (Phi) is 8.56. The van der Waals surface area contributed by atoms with Crippen molar-refractivity contribution < 1.29 is 9.47 Å². The van der Waals surface area contributed by atoms with Crippen LogP contribution in [0.15, 0.2) is 24.3 Å². The summed E-state index contributed by atoms with van der Waals surface area (Å²) in [6.45, 7) is 16.8. The van der Waals surface area contributed by atoms with E-state index in [1.807, 2.05) is 11.8 Å². The van der Waals surface area contributed by atoms with Crippen LogP contribution in [-0.2, 0) is 13.0 Å². The summed E-state index contributed by atoms with van der Waals surface area (Å²) in [6.07, 6.45) is 2.28. The van der Waals surface area contributed by atoms with Gasteiger partial charge in [0.1, 0.15) is 0 Å². The monoisotopic (exact) mass is 391 g/mol. The quantitative estimate of drug-likeness (QED) is 0.496. The van der Waals surface area contributed by atoms with Gasteiger partial charge in [-0.2, -0.15) is 11.8 Å². The van der Waals surface area contributed by atoms with Crippen LogP contribution in [0.4, 0.5) is 0 Å². The Morgan fingerprint density at radius 1 is 1.11 bits per heavy atom. The summed E-state index contributed by atoms with van der Waals surface area (Å²) < 4.78 is 11.0. The molecule has 0 aliphatic carbocycles. The smallest absolute Gasteiger partial charge is 0.161 e. The minimum Gasteiger partial charge on any atom is -0.493 e. The average Bonchev–Trinajstić information content (AvgIpc) is 2.63. The van der Waals surface area contributed by atoms with Gasteiger partial charge in [-0.3, -0.25) is 4.90 Å². The Bertz CT molecular complexity index is 627. The van der Waals surface area contributed by atoms with Crippen LogP contribution in [0, 0.1) is 11.8 Å². The van der Waals surface area contributed by atoms with Gasteiger partial charge in [0, 0.05) is 25.4 Å². The predicted molar refractivity (Wildman–Crippen MR) is 118 cm³/mol. The van der Waals surface area contributed by atoms with Gasteiger partial charge in [-0.15, -0.1) is 0 Å². The molecule has 0 bridgehead atoms. The Hall–Kier alpha value is -1.13. The molecule has 1 aromatic rings. The molecule has 0 fully saturated rings. The van der Waals surface area contributed by atoms with Gasteiger partial charge in [-0.25, -0.2) is 0 Å². The van der Waals surface area contributed by atoms with Crippen molar-refractivity contribution in [2.75, 3.05) is 33.1 Å². The minimum absolute atomic E-state index is 0.568. The van der Waals surface area contributed by atoms with Crippen LogP contribution in [0.1, 0.15) is 45.2 Å². The first-order valence-electron chi connectivity index (χ1n) is 10.1. The van der Waals surface area contributed by atoms with Crippen LogP contribution in [0.2, 0.25) is 0 Å². The SMILES string of the molecule is C=C(CSC(C)C)C(CC(C)C)CN1CCc2cc(OC)c(OC)cc2C1. The van der Waals surface area contributed by atoms with E-state index < -0.39 is 0 Å². The highest BCUT2D eigenvalue weighted by Crippen LogP contribution is 2.34. The first kappa shape index (κ1) is 22.2. The molecule has 1 heterocycles. The van der Waals surface area contributed by atoms with Crippen LogP contribution in [-0.4, -0.2) is 43.2 Å². The molecule has 1 aromatic carbocycles. The summed E-state index contributed by atoms with van der Waals surface area (Å²) in [4.78, 5) is 2.59. The fourth-order valence-corrected chi connectivity index (χ4v) is 4.52. The molecule has 2 rings (SSSR count). The zero-order valence-corrected chi connectivity index (χ0v) is 18.8. The molecule has 3 nitrogen and oxygen atoms in total. The van der Waals surface area contributed by atoms with Crippen molar-refractivity contribution in [2.24, 2.45) is 11.8 Å². The number of hydrogen-bond acceptors (Lipinski definition) is 4. The third-order valence-electron chi connectivity index (χ3n) is 5.21. The molecule has 0 N–H and O–H groups in total. The molecule has 0 saturated carbocycles. The molecule has 0 radical (unpaired) electrons. The Labute approximate surface area is 170 Å². The van der Waals surface area contributed by atoms with E-state index >= 15 is 0 Å². The highest BCUT2D eigenvalue weighted by molar-refractivity contribution is 8.00. The lowest BCUT2D eigenvalue weighted by Gasteiger charge is -2.34. The second-order valence-electron chi connectivity index (χ2n) is 8.31. The van der Waals surface area contributed by atoms with Gasteiger partial charge >= 0.3 is 0 Å². The van der Waals surface area contributed by atoms with Crippen LogP contribution >= 0.6 is 11.8 Å². The molecule has 1 aliphatic heterocycles. The fourth-order valence-electron chi connectivity index (χ4n) is 3.74. The number of ether oxygens (including phenoxy) is 2. The first-order chi connectivity index (χ1) is 12.8. The van der Waals surface area contributed by atoms with E-state index in [2.05, 4.69) is 51.3 Å². The zero-order chi connectivity index (χ0) is 20.0. The lowest BCUT2D eigenvalue weighted by atomic mass is 9.90. The third kappa shape index (κ3) is 6.46. The number of hydrogen-bond donors (Lipinski definition) is 0. The van der Waals surface area contributed by atoms with Crippen molar-refractivity contribution in [3.63, 3.8) is 0 Å². The van der Waals surface area contributed by atoms with Crippen LogP contribution < -0.4 is 9.47 Å². The predicted octanol–water partition coefficient (Wildman–Crippen LogP) is 5.42. The number of fused-ring (bicyclic) bond motifs is 1. The van der Waals surface area contributed by atoms with Crippen LogP contribution in [0.5, 0.6) is 11.5 Å². The summed E-state index contributed by atoms with van der Waals surface area (Å²) in [5.74, 6) is 4.00. The van der Waals surface area contributed by atoms with Gasteiger partial charge in [0.25, 0.3) is 0 Å². The normalized spacial score (nSPS) is 15.7. The van der Waals surface area contributed by atoms with E-state index in [-0.39, 0.29) is 0 Å². The molecule has 1 aliphatic rings. The maximum Gasteiger partial charge on any atom is 0.161 e.